The third kappa shape index (κ3) is 2.65. The molecule has 1 aromatic heterocycles. The van der Waals surface area contributed by atoms with E-state index in [-0.39, 0.29) is 5.92 Å². The number of carbonyl (C=O) groups is 1. The predicted octanol–water partition coefficient (Wildman–Crippen LogP) is 2.64. The van der Waals surface area contributed by atoms with Crippen LogP contribution in [0.4, 0.5) is 13.2 Å². The van der Waals surface area contributed by atoms with Gasteiger partial charge in [-0.3, -0.25) is 9.48 Å². The first-order chi connectivity index (χ1) is 8.38. The van der Waals surface area contributed by atoms with E-state index in [4.69, 9.17) is 5.11 Å². The average molecular weight is 262 g/mol. The Hall–Kier alpha value is -1.53. The smallest absolute Gasteiger partial charge is 0.435 e. The molecule has 100 valence electrons. The van der Waals surface area contributed by atoms with Crippen LogP contribution in [-0.2, 0) is 17.5 Å². The Kier molecular flexibility index (Phi) is 3.32. The molecule has 4 nitrogen and oxygen atoms in total. The van der Waals surface area contributed by atoms with Gasteiger partial charge in [0, 0.05) is 11.6 Å². The van der Waals surface area contributed by atoms with E-state index in [1.54, 1.807) is 0 Å². The van der Waals surface area contributed by atoms with Crippen molar-refractivity contribution in [1.82, 2.24) is 9.78 Å². The van der Waals surface area contributed by atoms with Crippen LogP contribution in [0.15, 0.2) is 6.07 Å². The lowest BCUT2D eigenvalue weighted by molar-refractivity contribution is -0.143. The molecule has 0 aliphatic heterocycles. The molecule has 0 unspecified atom stereocenters. The van der Waals surface area contributed by atoms with Crippen LogP contribution in [0.3, 0.4) is 0 Å². The van der Waals surface area contributed by atoms with Crippen molar-refractivity contribution in [2.45, 2.75) is 44.3 Å². The quantitative estimate of drug-likeness (QED) is 0.911. The first-order valence-corrected chi connectivity index (χ1v) is 5.74. The van der Waals surface area contributed by atoms with E-state index in [2.05, 4.69) is 5.10 Å². The zero-order valence-electron chi connectivity index (χ0n) is 9.57. The largest absolute Gasteiger partial charge is 0.480 e. The van der Waals surface area contributed by atoms with Gasteiger partial charge in [-0.2, -0.15) is 18.3 Å². The van der Waals surface area contributed by atoms with Gasteiger partial charge in [0.05, 0.1) is 0 Å². The van der Waals surface area contributed by atoms with Crippen molar-refractivity contribution >= 4 is 5.97 Å². The Morgan fingerprint density at radius 1 is 1.44 bits per heavy atom. The summed E-state index contributed by atoms with van der Waals surface area (Å²) in [6.45, 7) is -0.526. The number of nitrogens with zero attached hydrogens (tertiary/aromatic N) is 2. The summed E-state index contributed by atoms with van der Waals surface area (Å²) < 4.78 is 38.7. The number of aromatic nitrogens is 2. The van der Waals surface area contributed by atoms with Crippen molar-refractivity contribution in [1.29, 1.82) is 0 Å². The van der Waals surface area contributed by atoms with Crippen molar-refractivity contribution in [3.05, 3.63) is 17.5 Å². The molecule has 1 heterocycles. The first-order valence-electron chi connectivity index (χ1n) is 5.74. The van der Waals surface area contributed by atoms with Gasteiger partial charge in [-0.15, -0.1) is 0 Å². The maximum absolute atomic E-state index is 12.6. The highest BCUT2D eigenvalue weighted by molar-refractivity contribution is 5.66. The van der Waals surface area contributed by atoms with E-state index in [1.165, 1.54) is 0 Å². The SMILES string of the molecule is O=C(O)Cn1nc(C(F)(F)F)cc1C1CCCC1. The molecule has 2 rings (SSSR count). The average Bonchev–Trinajstić information content (AvgIpc) is 2.81. The number of carboxylic acids is 1. The lowest BCUT2D eigenvalue weighted by Gasteiger charge is -2.10. The fourth-order valence-corrected chi connectivity index (χ4v) is 2.37. The number of hydrogen-bond acceptors (Lipinski definition) is 2. The molecular weight excluding hydrogens is 249 g/mol. The van der Waals surface area contributed by atoms with Gasteiger partial charge in [0.25, 0.3) is 0 Å². The van der Waals surface area contributed by atoms with Gasteiger partial charge in [0.1, 0.15) is 6.54 Å². The first kappa shape index (κ1) is 12.9. The van der Waals surface area contributed by atoms with Crippen LogP contribution >= 0.6 is 0 Å². The summed E-state index contributed by atoms with van der Waals surface area (Å²) in [5.41, 5.74) is -0.618. The van der Waals surface area contributed by atoms with Crippen LogP contribution in [0.5, 0.6) is 0 Å². The third-order valence-electron chi connectivity index (χ3n) is 3.16. The zero-order chi connectivity index (χ0) is 13.3. The van der Waals surface area contributed by atoms with E-state index >= 15 is 0 Å². The van der Waals surface area contributed by atoms with Crippen molar-refractivity contribution in [3.8, 4) is 0 Å². The second-order valence-corrected chi connectivity index (χ2v) is 4.48. The van der Waals surface area contributed by atoms with Crippen LogP contribution < -0.4 is 0 Å². The van der Waals surface area contributed by atoms with E-state index in [9.17, 15) is 18.0 Å². The zero-order valence-corrected chi connectivity index (χ0v) is 9.57. The molecule has 0 radical (unpaired) electrons. The molecule has 1 aromatic rings. The molecule has 1 aliphatic carbocycles. The highest BCUT2D eigenvalue weighted by atomic mass is 19.4. The minimum Gasteiger partial charge on any atom is -0.480 e. The monoisotopic (exact) mass is 262 g/mol. The molecule has 0 spiro atoms. The minimum absolute atomic E-state index is 0.00653. The molecule has 0 amide bonds. The van der Waals surface area contributed by atoms with E-state index in [0.717, 1.165) is 36.4 Å². The summed E-state index contributed by atoms with van der Waals surface area (Å²) in [7, 11) is 0. The van der Waals surface area contributed by atoms with Crippen molar-refractivity contribution in [2.24, 2.45) is 0 Å². The number of rotatable bonds is 3. The second-order valence-electron chi connectivity index (χ2n) is 4.48. The van der Waals surface area contributed by atoms with Crippen molar-refractivity contribution in [3.63, 3.8) is 0 Å². The number of hydrogen-bond donors (Lipinski definition) is 1. The van der Waals surface area contributed by atoms with Gasteiger partial charge in [-0.05, 0) is 18.9 Å². The van der Waals surface area contributed by atoms with Gasteiger partial charge in [-0.25, -0.2) is 0 Å². The second kappa shape index (κ2) is 4.62. The van der Waals surface area contributed by atoms with Crippen LogP contribution in [0.25, 0.3) is 0 Å². The van der Waals surface area contributed by atoms with Gasteiger partial charge in [-0.1, -0.05) is 12.8 Å². The Labute approximate surface area is 101 Å². The summed E-state index contributed by atoms with van der Waals surface area (Å²) in [4.78, 5) is 10.7. The summed E-state index contributed by atoms with van der Waals surface area (Å²) >= 11 is 0. The van der Waals surface area contributed by atoms with E-state index < -0.39 is 24.4 Å². The van der Waals surface area contributed by atoms with Crippen LogP contribution in [0.2, 0.25) is 0 Å². The Morgan fingerprint density at radius 2 is 2.06 bits per heavy atom. The van der Waals surface area contributed by atoms with Gasteiger partial charge < -0.3 is 5.11 Å². The molecule has 0 atom stereocenters. The highest BCUT2D eigenvalue weighted by Crippen LogP contribution is 2.37. The summed E-state index contributed by atoms with van der Waals surface area (Å²) in [5, 5.41) is 12.1. The van der Waals surface area contributed by atoms with Gasteiger partial charge in [0.2, 0.25) is 0 Å². The molecule has 1 N–H and O–H groups in total. The molecule has 0 aromatic carbocycles. The maximum atomic E-state index is 12.6. The molecule has 7 heteroatoms. The molecule has 0 bridgehead atoms. The lowest BCUT2D eigenvalue weighted by atomic mass is 10.0. The van der Waals surface area contributed by atoms with E-state index in [1.807, 2.05) is 0 Å². The number of carboxylic acid groups (broad SMARTS) is 1. The minimum atomic E-state index is -4.53. The predicted molar refractivity (Wildman–Crippen MR) is 56.1 cm³/mol. The Balaban J connectivity index is 2.35. The van der Waals surface area contributed by atoms with Gasteiger partial charge in [0.15, 0.2) is 5.69 Å². The fraction of sp³-hybridized carbons (Fsp3) is 0.636. The summed E-state index contributed by atoms with van der Waals surface area (Å²) in [5.74, 6) is -1.20. The van der Waals surface area contributed by atoms with Gasteiger partial charge >= 0.3 is 12.1 Å². The standard InChI is InChI=1S/C11H13F3N2O2/c12-11(13,14)9-5-8(7-3-1-2-4-7)16(15-9)6-10(17)18/h5,7H,1-4,6H2,(H,17,18). The Morgan fingerprint density at radius 3 is 2.56 bits per heavy atom. The van der Waals surface area contributed by atoms with Crippen LogP contribution in [0, 0.1) is 0 Å². The molecule has 0 saturated heterocycles. The number of alkyl halides is 3. The highest BCUT2D eigenvalue weighted by Gasteiger charge is 2.36. The third-order valence-corrected chi connectivity index (χ3v) is 3.16. The molecular formula is C11H13F3N2O2. The Bertz CT molecular complexity index is 448. The maximum Gasteiger partial charge on any atom is 0.435 e. The van der Waals surface area contributed by atoms with E-state index in [0.29, 0.717) is 5.69 Å². The summed E-state index contributed by atoms with van der Waals surface area (Å²) in [6.07, 6.45) is -1.02. The van der Waals surface area contributed by atoms with Crippen LogP contribution in [0.1, 0.15) is 43.0 Å². The molecule has 1 saturated carbocycles. The lowest BCUT2D eigenvalue weighted by Crippen LogP contribution is -2.15. The fourth-order valence-electron chi connectivity index (χ4n) is 2.37. The van der Waals surface area contributed by atoms with Crippen molar-refractivity contribution < 1.29 is 23.1 Å². The van der Waals surface area contributed by atoms with Crippen LogP contribution in [-0.4, -0.2) is 20.9 Å². The van der Waals surface area contributed by atoms with Crippen molar-refractivity contribution in [2.75, 3.05) is 0 Å². The molecule has 1 aliphatic rings. The number of halogens is 3. The molecule has 1 fully saturated rings. The molecule has 18 heavy (non-hydrogen) atoms. The normalized spacial score (nSPS) is 17.3. The topological polar surface area (TPSA) is 55.1 Å². The summed E-state index contributed by atoms with van der Waals surface area (Å²) in [6, 6.07) is 0.985. The number of aliphatic carboxylic acids is 1.